The van der Waals surface area contributed by atoms with Gasteiger partial charge in [-0.3, -0.25) is 0 Å². The van der Waals surface area contributed by atoms with Crippen LogP contribution in [-0.4, -0.2) is 24.5 Å². The van der Waals surface area contributed by atoms with Crippen LogP contribution in [-0.2, 0) is 16.1 Å². The summed E-state index contributed by atoms with van der Waals surface area (Å²) in [7, 11) is 1.51. The number of rotatable bonds is 5. The third-order valence-electron chi connectivity index (χ3n) is 1.72. The average Bonchev–Trinajstić information content (AvgIpc) is 2.26. The molecule has 0 bridgehead atoms. The fourth-order valence-corrected chi connectivity index (χ4v) is 1.00. The number of ether oxygens (including phenoxy) is 2. The Morgan fingerprint density at radius 1 is 1.60 bits per heavy atom. The van der Waals surface area contributed by atoms with Crippen LogP contribution in [0.5, 0.6) is 5.75 Å². The van der Waals surface area contributed by atoms with Crippen molar-refractivity contribution < 1.29 is 23.8 Å². The van der Waals surface area contributed by atoms with E-state index < -0.39 is 12.3 Å². The Bertz CT molecular complexity index is 340. The van der Waals surface area contributed by atoms with Gasteiger partial charge in [-0.25, -0.2) is 9.18 Å². The number of carboxylic acids is 1. The Balaban J connectivity index is 2.53. The molecule has 0 heterocycles. The average molecular weight is 214 g/mol. The molecule has 0 saturated carbocycles. The zero-order valence-electron chi connectivity index (χ0n) is 8.14. The predicted octanol–water partition coefficient (Wildman–Crippen LogP) is 1.59. The Labute approximate surface area is 86.2 Å². The standard InChI is InChI=1S/C10H11FO4/c1-14-8-4-2-3-7(5-8)6-15-9(11)10(12)13/h2-5,9H,6H2,1H3,(H,12,13). The van der Waals surface area contributed by atoms with Crippen molar-refractivity contribution in [2.24, 2.45) is 0 Å². The fourth-order valence-electron chi connectivity index (χ4n) is 1.00. The van der Waals surface area contributed by atoms with Crippen LogP contribution in [0.4, 0.5) is 4.39 Å². The summed E-state index contributed by atoms with van der Waals surface area (Å²) in [5.41, 5.74) is 0.651. The first kappa shape index (κ1) is 11.5. The van der Waals surface area contributed by atoms with E-state index in [2.05, 4.69) is 4.74 Å². The number of aliphatic carboxylic acids is 1. The molecule has 1 aromatic rings. The molecule has 15 heavy (non-hydrogen) atoms. The Morgan fingerprint density at radius 3 is 2.93 bits per heavy atom. The van der Waals surface area contributed by atoms with E-state index in [1.165, 1.54) is 7.11 Å². The van der Waals surface area contributed by atoms with E-state index >= 15 is 0 Å². The lowest BCUT2D eigenvalue weighted by molar-refractivity contribution is -0.164. The maximum absolute atomic E-state index is 12.5. The van der Waals surface area contributed by atoms with Gasteiger partial charge in [-0.15, -0.1) is 0 Å². The highest BCUT2D eigenvalue weighted by Crippen LogP contribution is 2.13. The van der Waals surface area contributed by atoms with E-state index in [9.17, 15) is 9.18 Å². The number of hydrogen-bond donors (Lipinski definition) is 1. The summed E-state index contributed by atoms with van der Waals surface area (Å²) >= 11 is 0. The lowest BCUT2D eigenvalue weighted by Gasteiger charge is -2.06. The third kappa shape index (κ3) is 3.55. The molecule has 0 saturated heterocycles. The summed E-state index contributed by atoms with van der Waals surface area (Å²) in [4.78, 5) is 10.1. The van der Waals surface area contributed by atoms with E-state index in [4.69, 9.17) is 9.84 Å². The van der Waals surface area contributed by atoms with Crippen molar-refractivity contribution in [3.8, 4) is 5.75 Å². The van der Waals surface area contributed by atoms with Crippen LogP contribution >= 0.6 is 0 Å². The molecule has 4 nitrogen and oxygen atoms in total. The fraction of sp³-hybridized carbons (Fsp3) is 0.300. The van der Waals surface area contributed by atoms with Gasteiger partial charge in [0.05, 0.1) is 13.7 Å². The smallest absolute Gasteiger partial charge is 0.366 e. The maximum atomic E-state index is 12.5. The molecule has 82 valence electrons. The first-order chi connectivity index (χ1) is 7.13. The highest BCUT2D eigenvalue weighted by molar-refractivity contribution is 5.70. The molecule has 0 fully saturated rings. The summed E-state index contributed by atoms with van der Waals surface area (Å²) in [5, 5.41) is 8.24. The van der Waals surface area contributed by atoms with Crippen molar-refractivity contribution in [3.63, 3.8) is 0 Å². The molecule has 5 heteroatoms. The van der Waals surface area contributed by atoms with Gasteiger partial charge in [0.15, 0.2) is 0 Å². The summed E-state index contributed by atoms with van der Waals surface area (Å²) in [5.74, 6) is -1.01. The molecule has 0 spiro atoms. The normalized spacial score (nSPS) is 12.1. The second kappa shape index (κ2) is 5.31. The highest BCUT2D eigenvalue weighted by Gasteiger charge is 2.15. The molecule has 0 aromatic heterocycles. The molecular weight excluding hydrogens is 203 g/mol. The van der Waals surface area contributed by atoms with Gasteiger partial charge >= 0.3 is 5.97 Å². The largest absolute Gasteiger partial charge is 0.497 e. The van der Waals surface area contributed by atoms with Crippen LogP contribution in [0.15, 0.2) is 24.3 Å². The predicted molar refractivity (Wildman–Crippen MR) is 50.3 cm³/mol. The number of benzene rings is 1. The number of carboxylic acid groups (broad SMARTS) is 1. The third-order valence-corrected chi connectivity index (χ3v) is 1.72. The van der Waals surface area contributed by atoms with E-state index in [1.807, 2.05) is 0 Å². The molecule has 1 N–H and O–H groups in total. The number of alkyl halides is 1. The summed E-state index contributed by atoms with van der Waals surface area (Å²) < 4.78 is 22.0. The van der Waals surface area contributed by atoms with E-state index in [0.717, 1.165) is 0 Å². The lowest BCUT2D eigenvalue weighted by Crippen LogP contribution is -2.17. The van der Waals surface area contributed by atoms with Gasteiger partial charge in [-0.1, -0.05) is 12.1 Å². The first-order valence-corrected chi connectivity index (χ1v) is 4.25. The minimum Gasteiger partial charge on any atom is -0.497 e. The van der Waals surface area contributed by atoms with Gasteiger partial charge in [0, 0.05) is 0 Å². The molecule has 1 atom stereocenters. The van der Waals surface area contributed by atoms with Crippen molar-refractivity contribution >= 4 is 5.97 Å². The zero-order chi connectivity index (χ0) is 11.3. The Hall–Kier alpha value is -1.62. The van der Waals surface area contributed by atoms with Gasteiger partial charge in [-0.2, -0.15) is 0 Å². The Kier molecular flexibility index (Phi) is 4.05. The SMILES string of the molecule is COc1cccc(COC(F)C(=O)O)c1. The summed E-state index contributed by atoms with van der Waals surface area (Å²) in [6.07, 6.45) is -2.30. The van der Waals surface area contributed by atoms with E-state index in [1.54, 1.807) is 24.3 Å². The quantitative estimate of drug-likeness (QED) is 0.808. The molecule has 0 radical (unpaired) electrons. The number of carbonyl (C=O) groups is 1. The molecule has 0 aliphatic heterocycles. The van der Waals surface area contributed by atoms with Gasteiger partial charge in [-0.05, 0) is 17.7 Å². The number of halogens is 1. The molecule has 1 rings (SSSR count). The monoisotopic (exact) mass is 214 g/mol. The van der Waals surface area contributed by atoms with E-state index in [-0.39, 0.29) is 6.61 Å². The molecule has 0 amide bonds. The van der Waals surface area contributed by atoms with Crippen molar-refractivity contribution in [1.82, 2.24) is 0 Å². The summed E-state index contributed by atoms with van der Waals surface area (Å²) in [6, 6.07) is 6.78. The van der Waals surface area contributed by atoms with Crippen LogP contribution in [0.1, 0.15) is 5.56 Å². The minimum atomic E-state index is -2.30. The molecule has 1 unspecified atom stereocenters. The first-order valence-electron chi connectivity index (χ1n) is 4.25. The molecule has 1 aromatic carbocycles. The molecule has 0 aliphatic carbocycles. The van der Waals surface area contributed by atoms with Gasteiger partial charge in [0.1, 0.15) is 5.75 Å². The zero-order valence-corrected chi connectivity index (χ0v) is 8.14. The van der Waals surface area contributed by atoms with Gasteiger partial charge in [0.2, 0.25) is 0 Å². The van der Waals surface area contributed by atoms with Crippen LogP contribution in [0.2, 0.25) is 0 Å². The topological polar surface area (TPSA) is 55.8 Å². The number of methoxy groups -OCH3 is 1. The minimum absolute atomic E-state index is 0.106. The van der Waals surface area contributed by atoms with Gasteiger partial charge in [0.25, 0.3) is 6.36 Å². The van der Waals surface area contributed by atoms with Crippen molar-refractivity contribution in [2.45, 2.75) is 13.0 Å². The second-order valence-electron chi connectivity index (χ2n) is 2.82. The second-order valence-corrected chi connectivity index (χ2v) is 2.82. The Morgan fingerprint density at radius 2 is 2.33 bits per heavy atom. The molecular formula is C10H11FO4. The lowest BCUT2D eigenvalue weighted by atomic mass is 10.2. The number of hydrogen-bond acceptors (Lipinski definition) is 3. The van der Waals surface area contributed by atoms with Crippen molar-refractivity contribution in [3.05, 3.63) is 29.8 Å². The van der Waals surface area contributed by atoms with Crippen LogP contribution < -0.4 is 4.74 Å². The van der Waals surface area contributed by atoms with Crippen LogP contribution in [0.25, 0.3) is 0 Å². The van der Waals surface area contributed by atoms with Gasteiger partial charge < -0.3 is 14.6 Å². The van der Waals surface area contributed by atoms with Crippen LogP contribution in [0, 0.1) is 0 Å². The maximum Gasteiger partial charge on any atom is 0.366 e. The highest BCUT2D eigenvalue weighted by atomic mass is 19.1. The van der Waals surface area contributed by atoms with E-state index in [0.29, 0.717) is 11.3 Å². The molecule has 0 aliphatic rings. The summed E-state index contributed by atoms with van der Waals surface area (Å²) in [6.45, 7) is -0.106. The van der Waals surface area contributed by atoms with Crippen molar-refractivity contribution in [2.75, 3.05) is 7.11 Å². The van der Waals surface area contributed by atoms with Crippen LogP contribution in [0.3, 0.4) is 0 Å². The van der Waals surface area contributed by atoms with Crippen molar-refractivity contribution in [1.29, 1.82) is 0 Å².